The average molecular weight is 279 g/mol. The fourth-order valence-electron chi connectivity index (χ4n) is 1.73. The third-order valence-electron chi connectivity index (χ3n) is 2.82. The van der Waals surface area contributed by atoms with E-state index in [0.717, 1.165) is 6.42 Å². The lowest BCUT2D eigenvalue weighted by Crippen LogP contribution is -2.02. The van der Waals surface area contributed by atoms with Crippen LogP contribution in [0.2, 0.25) is 10.0 Å². The van der Waals surface area contributed by atoms with E-state index in [2.05, 4.69) is 6.92 Å². The number of carbonyl (C=O) groups is 1. The zero-order chi connectivity index (χ0) is 13.1. The molecule has 0 N–H and O–H groups in total. The Hall–Kier alpha value is -1.31. The van der Waals surface area contributed by atoms with Crippen molar-refractivity contribution in [1.29, 1.82) is 0 Å². The molecule has 2 aromatic rings. The van der Waals surface area contributed by atoms with E-state index >= 15 is 0 Å². The molecule has 0 unspecified atom stereocenters. The molecule has 0 amide bonds. The molecule has 0 aliphatic carbocycles. The second-order valence-corrected chi connectivity index (χ2v) is 4.77. The van der Waals surface area contributed by atoms with Gasteiger partial charge >= 0.3 is 0 Å². The topological polar surface area (TPSA) is 17.1 Å². The summed E-state index contributed by atoms with van der Waals surface area (Å²) < 4.78 is 0. The van der Waals surface area contributed by atoms with Crippen LogP contribution in [0.1, 0.15) is 28.4 Å². The van der Waals surface area contributed by atoms with Gasteiger partial charge in [-0.05, 0) is 24.1 Å². The summed E-state index contributed by atoms with van der Waals surface area (Å²) in [6.07, 6.45) is 0.951. The van der Waals surface area contributed by atoms with E-state index in [-0.39, 0.29) is 5.78 Å². The molecule has 0 aromatic heterocycles. The van der Waals surface area contributed by atoms with Gasteiger partial charge in [0.05, 0.1) is 10.0 Å². The quantitative estimate of drug-likeness (QED) is 0.738. The fraction of sp³-hybridized carbons (Fsp3) is 0.133. The lowest BCUT2D eigenvalue weighted by Gasteiger charge is -2.05. The van der Waals surface area contributed by atoms with Crippen molar-refractivity contribution in [1.82, 2.24) is 0 Å². The molecule has 0 aliphatic heterocycles. The summed E-state index contributed by atoms with van der Waals surface area (Å²) >= 11 is 12.0. The van der Waals surface area contributed by atoms with Crippen molar-refractivity contribution in [3.05, 3.63) is 69.2 Å². The molecule has 0 saturated heterocycles. The van der Waals surface area contributed by atoms with E-state index in [1.54, 1.807) is 18.2 Å². The minimum absolute atomic E-state index is 0.106. The molecule has 0 fully saturated rings. The van der Waals surface area contributed by atoms with E-state index in [1.807, 2.05) is 24.3 Å². The van der Waals surface area contributed by atoms with Crippen LogP contribution in [-0.2, 0) is 6.42 Å². The molecule has 0 bridgehead atoms. The molecular formula is C15H12Cl2O. The SMILES string of the molecule is CCc1ccc(C(=O)c2cccc(Cl)c2Cl)cc1. The maximum Gasteiger partial charge on any atom is 0.194 e. The summed E-state index contributed by atoms with van der Waals surface area (Å²) in [4.78, 5) is 12.3. The van der Waals surface area contributed by atoms with Gasteiger partial charge in [-0.25, -0.2) is 0 Å². The van der Waals surface area contributed by atoms with Crippen LogP contribution in [0, 0.1) is 0 Å². The number of ketones is 1. The number of halogens is 2. The van der Waals surface area contributed by atoms with Crippen molar-refractivity contribution < 1.29 is 4.79 Å². The highest BCUT2D eigenvalue weighted by Crippen LogP contribution is 2.27. The zero-order valence-electron chi connectivity index (χ0n) is 9.91. The van der Waals surface area contributed by atoms with Gasteiger partial charge in [0, 0.05) is 11.1 Å². The zero-order valence-corrected chi connectivity index (χ0v) is 11.4. The van der Waals surface area contributed by atoms with Crippen LogP contribution in [0.3, 0.4) is 0 Å². The molecule has 1 nitrogen and oxygen atoms in total. The number of carbonyl (C=O) groups excluding carboxylic acids is 1. The van der Waals surface area contributed by atoms with Crippen LogP contribution >= 0.6 is 23.2 Å². The first-order valence-electron chi connectivity index (χ1n) is 5.71. The predicted molar refractivity (Wildman–Crippen MR) is 75.7 cm³/mol. The largest absolute Gasteiger partial charge is 0.289 e. The minimum Gasteiger partial charge on any atom is -0.289 e. The number of aryl methyl sites for hydroxylation is 1. The Morgan fingerprint density at radius 2 is 1.72 bits per heavy atom. The number of hydrogen-bond donors (Lipinski definition) is 0. The highest BCUT2D eigenvalue weighted by Gasteiger charge is 2.14. The molecule has 2 aromatic carbocycles. The molecule has 3 heteroatoms. The Morgan fingerprint density at radius 3 is 2.33 bits per heavy atom. The number of rotatable bonds is 3. The Bertz CT molecular complexity index is 574. The summed E-state index contributed by atoms with van der Waals surface area (Å²) in [6, 6.07) is 12.6. The van der Waals surface area contributed by atoms with Crippen LogP contribution < -0.4 is 0 Å². The first-order valence-corrected chi connectivity index (χ1v) is 6.46. The van der Waals surface area contributed by atoms with Crippen molar-refractivity contribution in [2.45, 2.75) is 13.3 Å². The van der Waals surface area contributed by atoms with E-state index in [0.29, 0.717) is 21.2 Å². The van der Waals surface area contributed by atoms with Crippen molar-refractivity contribution >= 4 is 29.0 Å². The maximum absolute atomic E-state index is 12.3. The molecule has 0 spiro atoms. The Balaban J connectivity index is 2.38. The summed E-state index contributed by atoms with van der Waals surface area (Å²) in [7, 11) is 0. The molecule has 92 valence electrons. The molecule has 2 rings (SSSR count). The van der Waals surface area contributed by atoms with Crippen LogP contribution in [0.4, 0.5) is 0 Å². The molecule has 18 heavy (non-hydrogen) atoms. The van der Waals surface area contributed by atoms with Gasteiger partial charge in [-0.2, -0.15) is 0 Å². The van der Waals surface area contributed by atoms with Gasteiger partial charge < -0.3 is 0 Å². The third kappa shape index (κ3) is 2.58. The van der Waals surface area contributed by atoms with Crippen molar-refractivity contribution in [2.24, 2.45) is 0 Å². The second kappa shape index (κ2) is 5.55. The fourth-order valence-corrected chi connectivity index (χ4v) is 2.11. The third-order valence-corrected chi connectivity index (χ3v) is 3.64. The maximum atomic E-state index is 12.3. The minimum atomic E-state index is -0.106. The summed E-state index contributed by atoms with van der Waals surface area (Å²) in [5.74, 6) is -0.106. The number of benzene rings is 2. The molecule has 0 aliphatic rings. The van der Waals surface area contributed by atoms with E-state index in [1.165, 1.54) is 5.56 Å². The van der Waals surface area contributed by atoms with Crippen LogP contribution in [0.25, 0.3) is 0 Å². The van der Waals surface area contributed by atoms with Crippen molar-refractivity contribution in [3.63, 3.8) is 0 Å². The normalized spacial score (nSPS) is 10.4. The highest BCUT2D eigenvalue weighted by molar-refractivity contribution is 6.44. The predicted octanol–water partition coefficient (Wildman–Crippen LogP) is 4.79. The summed E-state index contributed by atoms with van der Waals surface area (Å²) in [6.45, 7) is 2.07. The lowest BCUT2D eigenvalue weighted by atomic mass is 10.0. The van der Waals surface area contributed by atoms with E-state index < -0.39 is 0 Å². The second-order valence-electron chi connectivity index (χ2n) is 3.98. The molecular weight excluding hydrogens is 267 g/mol. The Morgan fingerprint density at radius 1 is 1.06 bits per heavy atom. The highest BCUT2D eigenvalue weighted by atomic mass is 35.5. The van der Waals surface area contributed by atoms with Gasteiger partial charge in [0.1, 0.15) is 0 Å². The van der Waals surface area contributed by atoms with Crippen molar-refractivity contribution in [2.75, 3.05) is 0 Å². The first-order chi connectivity index (χ1) is 8.63. The van der Waals surface area contributed by atoms with Gasteiger partial charge in [0.25, 0.3) is 0 Å². The molecule has 0 atom stereocenters. The average Bonchev–Trinajstić information content (AvgIpc) is 2.41. The van der Waals surface area contributed by atoms with Crippen LogP contribution in [0.5, 0.6) is 0 Å². The molecule has 0 heterocycles. The summed E-state index contributed by atoms with van der Waals surface area (Å²) in [5, 5.41) is 0.705. The molecule has 0 radical (unpaired) electrons. The first kappa shape index (κ1) is 13.1. The Labute approximate surface area is 116 Å². The monoisotopic (exact) mass is 278 g/mol. The Kier molecular flexibility index (Phi) is 4.05. The lowest BCUT2D eigenvalue weighted by molar-refractivity contribution is 0.103. The smallest absolute Gasteiger partial charge is 0.194 e. The van der Waals surface area contributed by atoms with Crippen LogP contribution in [0.15, 0.2) is 42.5 Å². The van der Waals surface area contributed by atoms with E-state index in [4.69, 9.17) is 23.2 Å². The standard InChI is InChI=1S/C15H12Cl2O/c1-2-10-6-8-11(9-7-10)15(18)12-4-3-5-13(16)14(12)17/h3-9H,2H2,1H3. The van der Waals surface area contributed by atoms with Gasteiger partial charge in [0.15, 0.2) is 5.78 Å². The number of hydrogen-bond acceptors (Lipinski definition) is 1. The van der Waals surface area contributed by atoms with Gasteiger partial charge in [-0.1, -0.05) is 60.5 Å². The van der Waals surface area contributed by atoms with E-state index in [9.17, 15) is 4.79 Å². The van der Waals surface area contributed by atoms with Gasteiger partial charge in [-0.15, -0.1) is 0 Å². The van der Waals surface area contributed by atoms with Gasteiger partial charge in [0.2, 0.25) is 0 Å². The van der Waals surface area contributed by atoms with Crippen molar-refractivity contribution in [3.8, 4) is 0 Å². The van der Waals surface area contributed by atoms with Gasteiger partial charge in [-0.3, -0.25) is 4.79 Å². The molecule has 0 saturated carbocycles. The van der Waals surface area contributed by atoms with Crippen LogP contribution in [-0.4, -0.2) is 5.78 Å². The summed E-state index contributed by atoms with van der Waals surface area (Å²) in [5.41, 5.74) is 2.26.